The smallest absolute Gasteiger partial charge is 0.243 e. The van der Waals surface area contributed by atoms with Crippen LogP contribution in [0.25, 0.3) is 10.9 Å². The van der Waals surface area contributed by atoms with Gasteiger partial charge in [0.05, 0.1) is 18.6 Å². The molecule has 1 fully saturated rings. The summed E-state index contributed by atoms with van der Waals surface area (Å²) in [6.45, 7) is 5.88. The Morgan fingerprint density at radius 2 is 1.87 bits per heavy atom. The second-order valence-corrected chi connectivity index (χ2v) is 12.3. The van der Waals surface area contributed by atoms with Crippen molar-refractivity contribution < 1.29 is 17.9 Å². The normalized spacial score (nSPS) is 18.8. The number of hydrogen-bond donors (Lipinski definition) is 1. The van der Waals surface area contributed by atoms with Crippen LogP contribution in [0, 0.1) is 0 Å². The third-order valence-corrected chi connectivity index (χ3v) is 9.87. The molecule has 5 rings (SSSR count). The number of aromatic nitrogens is 1. The number of ether oxygens (including phenoxy) is 1. The van der Waals surface area contributed by atoms with E-state index in [1.54, 1.807) is 31.4 Å². The van der Waals surface area contributed by atoms with Gasteiger partial charge < -0.3 is 19.5 Å². The van der Waals surface area contributed by atoms with Crippen LogP contribution in [0.2, 0.25) is 0 Å². The number of amides is 1. The second kappa shape index (κ2) is 11.5. The van der Waals surface area contributed by atoms with E-state index in [2.05, 4.69) is 23.2 Å². The van der Waals surface area contributed by atoms with Gasteiger partial charge >= 0.3 is 0 Å². The van der Waals surface area contributed by atoms with Crippen molar-refractivity contribution in [3.63, 3.8) is 0 Å². The Kier molecular flexibility index (Phi) is 8.07. The first-order valence-corrected chi connectivity index (χ1v) is 15.1. The summed E-state index contributed by atoms with van der Waals surface area (Å²) in [6, 6.07) is 15.1. The molecule has 38 heavy (non-hydrogen) atoms. The number of sulfonamides is 1. The van der Waals surface area contributed by atoms with Gasteiger partial charge in [0, 0.05) is 42.3 Å². The maximum atomic E-state index is 13.5. The second-order valence-electron chi connectivity index (χ2n) is 10.4. The molecule has 204 valence electrons. The van der Waals surface area contributed by atoms with Crippen LogP contribution in [0.15, 0.2) is 53.4 Å². The number of methoxy groups -OCH3 is 1. The van der Waals surface area contributed by atoms with E-state index in [0.717, 1.165) is 41.7 Å². The average molecular weight is 539 g/mol. The highest BCUT2D eigenvalue weighted by atomic mass is 32.2. The molecule has 0 saturated carbocycles. The first-order chi connectivity index (χ1) is 18.4. The number of fused-ring (bicyclic) bond motifs is 3. The molecule has 1 atom stereocenters. The fourth-order valence-corrected chi connectivity index (χ4v) is 7.25. The van der Waals surface area contributed by atoms with Crippen molar-refractivity contribution in [3.8, 4) is 5.75 Å². The summed E-state index contributed by atoms with van der Waals surface area (Å²) >= 11 is 0. The van der Waals surface area contributed by atoms with Crippen LogP contribution in [0.1, 0.15) is 43.9 Å². The summed E-state index contributed by atoms with van der Waals surface area (Å²) < 4.78 is 35.6. The molecule has 1 aromatic heterocycles. The van der Waals surface area contributed by atoms with Crippen LogP contribution >= 0.6 is 0 Å². The lowest BCUT2D eigenvalue weighted by Crippen LogP contribution is -2.39. The summed E-state index contributed by atoms with van der Waals surface area (Å²) in [5, 5.41) is 4.19. The van der Waals surface area contributed by atoms with E-state index < -0.39 is 10.0 Å². The van der Waals surface area contributed by atoms with Crippen LogP contribution in [0.3, 0.4) is 0 Å². The minimum absolute atomic E-state index is 0.0459. The van der Waals surface area contributed by atoms with Gasteiger partial charge in [-0.05, 0) is 75.0 Å². The molecule has 8 nitrogen and oxygen atoms in total. The van der Waals surface area contributed by atoms with Crippen molar-refractivity contribution in [2.24, 2.45) is 0 Å². The van der Waals surface area contributed by atoms with Gasteiger partial charge in [0.25, 0.3) is 0 Å². The molecule has 0 aliphatic carbocycles. The van der Waals surface area contributed by atoms with Gasteiger partial charge in [0.1, 0.15) is 12.3 Å². The summed E-state index contributed by atoms with van der Waals surface area (Å²) in [5.74, 6) is 0.567. The Morgan fingerprint density at radius 1 is 1.08 bits per heavy atom. The number of carbonyl (C=O) groups is 1. The van der Waals surface area contributed by atoms with E-state index in [0.29, 0.717) is 31.3 Å². The zero-order valence-electron chi connectivity index (χ0n) is 22.4. The van der Waals surface area contributed by atoms with E-state index >= 15 is 0 Å². The Bertz CT molecular complexity index is 1380. The maximum Gasteiger partial charge on any atom is 0.243 e. The number of piperidine rings is 1. The van der Waals surface area contributed by atoms with Gasteiger partial charge in [0.2, 0.25) is 15.9 Å². The number of rotatable bonds is 9. The Balaban J connectivity index is 1.30. The monoisotopic (exact) mass is 538 g/mol. The molecular weight excluding hydrogens is 500 g/mol. The first kappa shape index (κ1) is 26.7. The van der Waals surface area contributed by atoms with Crippen molar-refractivity contribution in [3.05, 3.63) is 59.8 Å². The predicted octanol–water partition coefficient (Wildman–Crippen LogP) is 3.78. The van der Waals surface area contributed by atoms with Crippen molar-refractivity contribution in [2.75, 3.05) is 33.3 Å². The highest BCUT2D eigenvalue weighted by Crippen LogP contribution is 2.33. The maximum absolute atomic E-state index is 13.5. The SMILES string of the molecule is COc1ccc(S(=O)(=O)N2CCc3c(n(CC(=O)NCCCN4CCCCC4C)c4ccccc34)C2)cc1. The number of nitrogens with one attached hydrogen (secondary N) is 1. The molecule has 0 radical (unpaired) electrons. The largest absolute Gasteiger partial charge is 0.497 e. The standard InChI is InChI=1S/C29H38N4O4S/c1-22-8-5-6-17-31(22)18-7-16-30-29(34)21-33-27-10-4-3-9-25(27)26-15-19-32(20-28(26)33)38(35,36)24-13-11-23(37-2)12-14-24/h3-4,9-14,22H,5-8,15-21H2,1-2H3,(H,30,34). The predicted molar refractivity (Wildman–Crippen MR) is 149 cm³/mol. The number of benzene rings is 2. The third-order valence-electron chi connectivity index (χ3n) is 8.02. The molecular formula is C29H38N4O4S. The zero-order chi connectivity index (χ0) is 26.7. The number of hydrogen-bond acceptors (Lipinski definition) is 5. The van der Waals surface area contributed by atoms with E-state index in [-0.39, 0.29) is 23.9 Å². The molecule has 0 bridgehead atoms. The molecule has 1 amide bonds. The molecule has 0 spiro atoms. The van der Waals surface area contributed by atoms with Crippen molar-refractivity contribution >= 4 is 26.8 Å². The lowest BCUT2D eigenvalue weighted by Gasteiger charge is -2.33. The Labute approximate surface area is 225 Å². The average Bonchev–Trinajstić information content (AvgIpc) is 3.25. The highest BCUT2D eigenvalue weighted by molar-refractivity contribution is 7.89. The van der Waals surface area contributed by atoms with Gasteiger partial charge in [-0.15, -0.1) is 0 Å². The molecule has 1 saturated heterocycles. The summed E-state index contributed by atoms with van der Waals surface area (Å²) in [5.41, 5.74) is 3.00. The fourth-order valence-electron chi connectivity index (χ4n) is 5.85. The Morgan fingerprint density at radius 3 is 2.63 bits per heavy atom. The topological polar surface area (TPSA) is 83.9 Å². The number of likely N-dealkylation sites (tertiary alicyclic amines) is 1. The quantitative estimate of drug-likeness (QED) is 0.419. The van der Waals surface area contributed by atoms with Gasteiger partial charge in [-0.25, -0.2) is 8.42 Å². The fraction of sp³-hybridized carbons (Fsp3) is 0.483. The minimum atomic E-state index is -3.69. The molecule has 1 unspecified atom stereocenters. The van der Waals surface area contributed by atoms with Crippen LogP contribution in [0.4, 0.5) is 0 Å². The van der Waals surface area contributed by atoms with Crippen molar-refractivity contribution in [1.29, 1.82) is 0 Å². The van der Waals surface area contributed by atoms with Crippen LogP contribution in [0.5, 0.6) is 5.75 Å². The van der Waals surface area contributed by atoms with Gasteiger partial charge in [0.15, 0.2) is 0 Å². The van der Waals surface area contributed by atoms with Crippen molar-refractivity contribution in [2.45, 2.75) is 63.1 Å². The number of nitrogens with zero attached hydrogens (tertiary/aromatic N) is 3. The number of para-hydroxylation sites is 1. The number of carbonyl (C=O) groups excluding carboxylic acids is 1. The van der Waals surface area contributed by atoms with Crippen molar-refractivity contribution in [1.82, 2.24) is 19.1 Å². The lowest BCUT2D eigenvalue weighted by atomic mass is 10.0. The van der Waals surface area contributed by atoms with E-state index in [1.807, 2.05) is 22.8 Å². The molecule has 3 heterocycles. The van der Waals surface area contributed by atoms with E-state index in [4.69, 9.17) is 4.74 Å². The highest BCUT2D eigenvalue weighted by Gasteiger charge is 2.32. The molecule has 2 aliphatic rings. The van der Waals surface area contributed by atoms with E-state index in [9.17, 15) is 13.2 Å². The van der Waals surface area contributed by atoms with E-state index in [1.165, 1.54) is 23.6 Å². The van der Waals surface area contributed by atoms with Crippen LogP contribution in [-0.2, 0) is 34.3 Å². The zero-order valence-corrected chi connectivity index (χ0v) is 23.2. The molecule has 1 N–H and O–H groups in total. The molecule has 2 aliphatic heterocycles. The first-order valence-electron chi connectivity index (χ1n) is 13.6. The van der Waals surface area contributed by atoms with Gasteiger partial charge in [-0.1, -0.05) is 24.6 Å². The summed E-state index contributed by atoms with van der Waals surface area (Å²) in [7, 11) is -2.13. The van der Waals surface area contributed by atoms with Crippen LogP contribution < -0.4 is 10.1 Å². The molecule has 3 aromatic rings. The minimum Gasteiger partial charge on any atom is -0.497 e. The molecule has 9 heteroatoms. The van der Waals surface area contributed by atoms with Gasteiger partial charge in [-0.3, -0.25) is 4.79 Å². The van der Waals surface area contributed by atoms with Crippen LogP contribution in [-0.4, -0.2) is 67.4 Å². The van der Waals surface area contributed by atoms with Gasteiger partial charge in [-0.2, -0.15) is 4.31 Å². The summed E-state index contributed by atoms with van der Waals surface area (Å²) in [4.78, 5) is 15.8. The third kappa shape index (κ3) is 5.46. The lowest BCUT2D eigenvalue weighted by molar-refractivity contribution is -0.121. The molecule has 2 aromatic carbocycles. The Hall–Kier alpha value is -2.88. The summed E-state index contributed by atoms with van der Waals surface area (Å²) in [6.07, 6.45) is 5.35.